The van der Waals surface area contributed by atoms with Gasteiger partial charge in [0.1, 0.15) is 5.54 Å². The first kappa shape index (κ1) is 20.4. The largest absolute Gasteiger partial charge is 2.00 e. The fourth-order valence-electron chi connectivity index (χ4n) is 3.39. The minimum atomic E-state index is -0.475. The summed E-state index contributed by atoms with van der Waals surface area (Å²) in [5, 5.41) is 0. The summed E-state index contributed by atoms with van der Waals surface area (Å²) in [7, 11) is 0. The number of nitrogens with zero attached hydrogens (tertiary/aromatic N) is 2. The van der Waals surface area contributed by atoms with Crippen LogP contribution < -0.4 is 17.0 Å². The van der Waals surface area contributed by atoms with Crippen LogP contribution in [0, 0.1) is 6.20 Å². The van der Waals surface area contributed by atoms with Gasteiger partial charge in [0, 0.05) is 0 Å². The Bertz CT molecular complexity index is 798. The Hall–Kier alpha value is -1.88. The minimum Gasteiger partial charge on any atom is -1.00 e. The summed E-state index contributed by atoms with van der Waals surface area (Å²) in [4.78, 5) is 4.20. The molecule has 0 aliphatic heterocycles. The third kappa shape index (κ3) is 3.50. The molecule has 0 aliphatic carbocycles. The van der Waals surface area contributed by atoms with Gasteiger partial charge in [0.25, 0.3) is 0 Å². The quantitative estimate of drug-likeness (QED) is 0.279. The van der Waals surface area contributed by atoms with Crippen molar-refractivity contribution in [2.24, 2.45) is 0 Å². The molecule has 3 aromatic carbocycles. The van der Waals surface area contributed by atoms with Crippen molar-refractivity contribution in [2.45, 2.75) is 5.54 Å². The van der Waals surface area contributed by atoms with E-state index in [1.807, 2.05) is 30.7 Å². The maximum absolute atomic E-state index is 4.20. The Morgan fingerprint density at radius 2 is 1.04 bits per heavy atom. The molecule has 0 aliphatic rings. The number of halogens is 1. The molecule has 0 N–H and O–H groups in total. The molecular formula is C22H17BrMgN2. The predicted molar refractivity (Wildman–Crippen MR) is 101 cm³/mol. The van der Waals surface area contributed by atoms with Crippen LogP contribution in [0.1, 0.15) is 16.7 Å². The van der Waals surface area contributed by atoms with Crippen molar-refractivity contribution in [1.29, 1.82) is 0 Å². The van der Waals surface area contributed by atoms with Crippen LogP contribution in [0.3, 0.4) is 0 Å². The van der Waals surface area contributed by atoms with Gasteiger partial charge in [0.15, 0.2) is 0 Å². The normalized spacial score (nSPS) is 10.5. The van der Waals surface area contributed by atoms with Crippen LogP contribution >= 0.6 is 0 Å². The first-order valence-electron chi connectivity index (χ1n) is 7.99. The zero-order chi connectivity index (χ0) is 16.2. The number of imidazole rings is 1. The molecule has 0 amide bonds. The van der Waals surface area contributed by atoms with E-state index in [1.54, 1.807) is 0 Å². The van der Waals surface area contributed by atoms with Crippen molar-refractivity contribution in [1.82, 2.24) is 9.55 Å². The van der Waals surface area contributed by atoms with Crippen molar-refractivity contribution in [3.05, 3.63) is 126 Å². The first-order valence-corrected chi connectivity index (χ1v) is 7.99. The molecule has 1 heterocycles. The molecule has 124 valence electrons. The summed E-state index contributed by atoms with van der Waals surface area (Å²) in [5.41, 5.74) is 3.09. The summed E-state index contributed by atoms with van der Waals surface area (Å²) in [6, 6.07) is 31.6. The van der Waals surface area contributed by atoms with E-state index in [1.165, 1.54) is 16.7 Å². The number of hydrogen-bond acceptors (Lipinski definition) is 1. The van der Waals surface area contributed by atoms with Crippen molar-refractivity contribution in [3.63, 3.8) is 0 Å². The van der Waals surface area contributed by atoms with Crippen LogP contribution in [0.5, 0.6) is 0 Å². The number of aromatic nitrogens is 2. The summed E-state index contributed by atoms with van der Waals surface area (Å²) in [5.74, 6) is 0. The zero-order valence-electron chi connectivity index (χ0n) is 14.3. The van der Waals surface area contributed by atoms with E-state index in [0.29, 0.717) is 0 Å². The average molecular weight is 414 g/mol. The van der Waals surface area contributed by atoms with E-state index in [4.69, 9.17) is 0 Å². The molecule has 0 unspecified atom stereocenters. The van der Waals surface area contributed by atoms with Gasteiger partial charge >= 0.3 is 23.1 Å². The van der Waals surface area contributed by atoms with E-state index < -0.39 is 5.54 Å². The fourth-order valence-corrected chi connectivity index (χ4v) is 3.39. The van der Waals surface area contributed by atoms with Crippen molar-refractivity contribution in [2.75, 3.05) is 0 Å². The molecule has 4 rings (SSSR count). The molecule has 2 nitrogen and oxygen atoms in total. The van der Waals surface area contributed by atoms with Crippen molar-refractivity contribution in [3.8, 4) is 0 Å². The molecule has 0 atom stereocenters. The van der Waals surface area contributed by atoms with Gasteiger partial charge in [-0.2, -0.15) is 0 Å². The Balaban J connectivity index is 0.00000121. The third-order valence-electron chi connectivity index (χ3n) is 4.42. The van der Waals surface area contributed by atoms with E-state index in [9.17, 15) is 0 Å². The standard InChI is InChI=1S/C22H17N2.BrH.Mg/c1-4-10-19(11-5-1)22(24-17-16-23-18-24,20-12-6-2-7-13-20)21-14-8-3-9-15-21;;/h1-15,17-18H;1H;/q-1;;+2/p-1. The molecule has 0 radical (unpaired) electrons. The van der Waals surface area contributed by atoms with Crippen LogP contribution in [-0.4, -0.2) is 32.6 Å². The summed E-state index contributed by atoms with van der Waals surface area (Å²) in [6.45, 7) is 0. The second-order valence-corrected chi connectivity index (χ2v) is 5.72. The van der Waals surface area contributed by atoms with Gasteiger partial charge in [-0.05, 0) is 16.7 Å². The minimum absolute atomic E-state index is 0. The van der Waals surface area contributed by atoms with Gasteiger partial charge in [-0.1, -0.05) is 104 Å². The van der Waals surface area contributed by atoms with Crippen LogP contribution in [0.4, 0.5) is 0 Å². The first-order chi connectivity index (χ1) is 11.9. The van der Waals surface area contributed by atoms with Gasteiger partial charge in [-0.3, -0.25) is 0 Å². The molecule has 26 heavy (non-hydrogen) atoms. The van der Waals surface area contributed by atoms with Crippen LogP contribution in [-0.2, 0) is 5.54 Å². The zero-order valence-corrected chi connectivity index (χ0v) is 17.3. The van der Waals surface area contributed by atoms with Gasteiger partial charge in [0.2, 0.25) is 0 Å². The molecular weight excluding hydrogens is 396 g/mol. The Kier molecular flexibility index (Phi) is 7.20. The van der Waals surface area contributed by atoms with Crippen molar-refractivity contribution >= 4 is 23.1 Å². The second kappa shape index (κ2) is 9.17. The van der Waals surface area contributed by atoms with Crippen LogP contribution in [0.2, 0.25) is 0 Å². The molecule has 4 heteroatoms. The maximum Gasteiger partial charge on any atom is 2.00 e. The number of rotatable bonds is 4. The van der Waals surface area contributed by atoms with E-state index >= 15 is 0 Å². The molecule has 0 bridgehead atoms. The summed E-state index contributed by atoms with van der Waals surface area (Å²) >= 11 is 0. The molecule has 0 saturated carbocycles. The second-order valence-electron chi connectivity index (χ2n) is 5.72. The van der Waals surface area contributed by atoms with E-state index in [0.717, 1.165) is 0 Å². The monoisotopic (exact) mass is 412 g/mol. The fraction of sp³-hybridized carbons (Fsp3) is 0.0455. The molecule has 4 aromatic rings. The Morgan fingerprint density at radius 3 is 1.35 bits per heavy atom. The van der Waals surface area contributed by atoms with Gasteiger partial charge < -0.3 is 26.5 Å². The SMILES string of the molecule is [Br-].[Mg+2].[c-]1cn(C(c2ccccc2)(c2ccccc2)c2ccccc2)cn1. The van der Waals surface area contributed by atoms with Crippen molar-refractivity contribution < 1.29 is 17.0 Å². The Labute approximate surface area is 180 Å². The third-order valence-corrected chi connectivity index (χ3v) is 4.42. The predicted octanol–water partition coefficient (Wildman–Crippen LogP) is 1.15. The topological polar surface area (TPSA) is 17.8 Å². The molecule has 0 fully saturated rings. The number of hydrogen-bond donors (Lipinski definition) is 0. The summed E-state index contributed by atoms with van der Waals surface area (Å²) < 4.78 is 2.13. The smallest absolute Gasteiger partial charge is 1.00 e. The molecule has 0 saturated heterocycles. The van der Waals surface area contributed by atoms with Gasteiger partial charge in [0.05, 0.1) is 0 Å². The molecule has 0 spiro atoms. The van der Waals surface area contributed by atoms with Crippen LogP contribution in [0.25, 0.3) is 0 Å². The average Bonchev–Trinajstić information content (AvgIpc) is 3.20. The summed E-state index contributed by atoms with van der Waals surface area (Å²) in [6.07, 6.45) is 6.71. The maximum atomic E-state index is 4.20. The van der Waals surface area contributed by atoms with E-state index in [2.05, 4.69) is 88.5 Å². The number of benzene rings is 3. The van der Waals surface area contributed by atoms with Gasteiger partial charge in [-0.15, -0.1) is 6.20 Å². The Morgan fingerprint density at radius 1 is 0.654 bits per heavy atom. The van der Waals surface area contributed by atoms with E-state index in [-0.39, 0.29) is 40.0 Å². The van der Waals surface area contributed by atoms with Crippen LogP contribution in [0.15, 0.2) is 104 Å². The van der Waals surface area contributed by atoms with Gasteiger partial charge in [-0.25, -0.2) is 0 Å². The molecule has 1 aromatic heterocycles.